The number of benzene rings is 1. The first-order valence-corrected chi connectivity index (χ1v) is 4.23. The number of phenolic OH excluding ortho intramolecular Hbond substituents is 1. The fraction of sp³-hybridized carbons (Fsp3) is 0.400. The summed E-state index contributed by atoms with van der Waals surface area (Å²) >= 11 is 0. The van der Waals surface area contributed by atoms with Gasteiger partial charge < -0.3 is 5.11 Å². The highest BCUT2D eigenvalue weighted by atomic mass is 16.3. The molecular formula is C10H13NO2. The van der Waals surface area contributed by atoms with E-state index in [1.165, 1.54) is 0 Å². The van der Waals surface area contributed by atoms with Crippen molar-refractivity contribution >= 4 is 5.69 Å². The molecule has 13 heavy (non-hydrogen) atoms. The largest absolute Gasteiger partial charge is 0.508 e. The number of hydrogen-bond donors (Lipinski definition) is 1. The lowest BCUT2D eigenvalue weighted by Crippen LogP contribution is -1.89. The predicted molar refractivity (Wildman–Crippen MR) is 52.4 cm³/mol. The highest BCUT2D eigenvalue weighted by molar-refractivity contribution is 5.56. The molecule has 1 rings (SSSR count). The smallest absolute Gasteiger partial charge is 0.116 e. The molecule has 0 saturated carbocycles. The summed E-state index contributed by atoms with van der Waals surface area (Å²) in [7, 11) is 0. The number of nitroso groups, excluding NO2 is 1. The lowest BCUT2D eigenvalue weighted by molar-refractivity contribution is 0.473. The van der Waals surface area contributed by atoms with Gasteiger partial charge in [0.1, 0.15) is 11.4 Å². The van der Waals surface area contributed by atoms with E-state index in [1.807, 2.05) is 13.8 Å². The Bertz CT molecular complexity index is 332. The van der Waals surface area contributed by atoms with E-state index in [9.17, 15) is 10.0 Å². The van der Waals surface area contributed by atoms with Crippen LogP contribution in [0.2, 0.25) is 0 Å². The zero-order chi connectivity index (χ0) is 10.0. The van der Waals surface area contributed by atoms with Crippen LogP contribution in [0, 0.1) is 11.8 Å². The molecule has 0 heterocycles. The average Bonchev–Trinajstić information content (AvgIpc) is 2.02. The van der Waals surface area contributed by atoms with E-state index in [0.717, 1.165) is 11.1 Å². The molecule has 70 valence electrons. The Hall–Kier alpha value is -1.38. The van der Waals surface area contributed by atoms with Crippen LogP contribution in [0.5, 0.6) is 5.75 Å². The third-order valence-electron chi connectivity index (χ3n) is 2.03. The minimum absolute atomic E-state index is 0.189. The van der Waals surface area contributed by atoms with Crippen molar-refractivity contribution in [1.82, 2.24) is 0 Å². The van der Waals surface area contributed by atoms with Gasteiger partial charge in [0.25, 0.3) is 0 Å². The summed E-state index contributed by atoms with van der Waals surface area (Å²) in [6.07, 6.45) is 0. The highest BCUT2D eigenvalue weighted by Gasteiger charge is 2.11. The van der Waals surface area contributed by atoms with Crippen LogP contribution in [0.1, 0.15) is 30.9 Å². The monoisotopic (exact) mass is 179 g/mol. The number of rotatable bonds is 2. The molecule has 0 aliphatic rings. The maximum Gasteiger partial charge on any atom is 0.116 e. The van der Waals surface area contributed by atoms with Crippen LogP contribution in [-0.4, -0.2) is 5.11 Å². The van der Waals surface area contributed by atoms with Gasteiger partial charge >= 0.3 is 0 Å². The minimum atomic E-state index is 0.189. The Balaban J connectivity index is 3.38. The molecule has 3 heteroatoms. The molecule has 0 aliphatic heterocycles. The van der Waals surface area contributed by atoms with Gasteiger partial charge in [-0.1, -0.05) is 13.8 Å². The Morgan fingerprint density at radius 2 is 2.00 bits per heavy atom. The van der Waals surface area contributed by atoms with Crippen molar-refractivity contribution in [3.05, 3.63) is 28.2 Å². The molecule has 0 amide bonds. The van der Waals surface area contributed by atoms with E-state index < -0.39 is 0 Å². The Morgan fingerprint density at radius 3 is 2.46 bits per heavy atom. The van der Waals surface area contributed by atoms with Crippen molar-refractivity contribution < 1.29 is 5.11 Å². The van der Waals surface area contributed by atoms with Crippen LogP contribution >= 0.6 is 0 Å². The summed E-state index contributed by atoms with van der Waals surface area (Å²) in [5.41, 5.74) is 1.97. The first kappa shape index (κ1) is 9.71. The summed E-state index contributed by atoms with van der Waals surface area (Å²) in [5.74, 6) is 0.382. The second-order valence-corrected chi connectivity index (χ2v) is 3.45. The molecule has 3 nitrogen and oxygen atoms in total. The van der Waals surface area contributed by atoms with E-state index in [1.54, 1.807) is 19.1 Å². The second-order valence-electron chi connectivity index (χ2n) is 3.45. The van der Waals surface area contributed by atoms with E-state index in [-0.39, 0.29) is 11.7 Å². The van der Waals surface area contributed by atoms with Gasteiger partial charge in [0.15, 0.2) is 0 Å². The minimum Gasteiger partial charge on any atom is -0.508 e. The number of hydrogen-bond acceptors (Lipinski definition) is 3. The highest BCUT2D eigenvalue weighted by Crippen LogP contribution is 2.33. The van der Waals surface area contributed by atoms with Crippen LogP contribution in [0.4, 0.5) is 5.69 Å². The first-order chi connectivity index (χ1) is 6.06. The quantitative estimate of drug-likeness (QED) is 0.708. The van der Waals surface area contributed by atoms with Crippen LogP contribution in [-0.2, 0) is 0 Å². The van der Waals surface area contributed by atoms with Crippen molar-refractivity contribution in [2.24, 2.45) is 5.18 Å². The molecular weight excluding hydrogens is 166 g/mol. The molecule has 0 saturated heterocycles. The second kappa shape index (κ2) is 3.56. The van der Waals surface area contributed by atoms with E-state index in [4.69, 9.17) is 0 Å². The Labute approximate surface area is 77.4 Å². The first-order valence-electron chi connectivity index (χ1n) is 4.23. The van der Waals surface area contributed by atoms with E-state index in [2.05, 4.69) is 5.18 Å². The van der Waals surface area contributed by atoms with Crippen molar-refractivity contribution in [2.45, 2.75) is 26.7 Å². The normalized spacial score (nSPS) is 10.5. The number of nitrogens with zero attached hydrogens (tertiary/aromatic N) is 1. The van der Waals surface area contributed by atoms with Crippen molar-refractivity contribution in [3.63, 3.8) is 0 Å². The van der Waals surface area contributed by atoms with Crippen LogP contribution in [0.25, 0.3) is 0 Å². The lowest BCUT2D eigenvalue weighted by atomic mass is 9.98. The number of aryl methyl sites for hydroxylation is 1. The van der Waals surface area contributed by atoms with Gasteiger partial charge in [-0.15, -0.1) is 4.91 Å². The topological polar surface area (TPSA) is 49.7 Å². The van der Waals surface area contributed by atoms with Crippen LogP contribution < -0.4 is 0 Å². The fourth-order valence-corrected chi connectivity index (χ4v) is 1.35. The van der Waals surface area contributed by atoms with Gasteiger partial charge in [-0.25, -0.2) is 0 Å². The maximum absolute atomic E-state index is 10.5. The zero-order valence-corrected chi connectivity index (χ0v) is 8.03. The molecule has 0 aliphatic carbocycles. The summed E-state index contributed by atoms with van der Waals surface area (Å²) in [6.45, 7) is 5.69. The Kier molecular flexibility index (Phi) is 2.66. The van der Waals surface area contributed by atoms with Gasteiger partial charge in [-0.3, -0.25) is 0 Å². The maximum atomic E-state index is 10.5. The zero-order valence-electron chi connectivity index (χ0n) is 8.03. The molecule has 1 aromatic rings. The van der Waals surface area contributed by atoms with Gasteiger partial charge in [0.05, 0.1) is 0 Å². The molecule has 0 bridgehead atoms. The van der Waals surface area contributed by atoms with Crippen molar-refractivity contribution in [1.29, 1.82) is 0 Å². The molecule has 0 unspecified atom stereocenters. The summed E-state index contributed by atoms with van der Waals surface area (Å²) in [4.78, 5) is 10.5. The van der Waals surface area contributed by atoms with Crippen molar-refractivity contribution in [3.8, 4) is 5.75 Å². The molecule has 0 atom stereocenters. The Morgan fingerprint density at radius 1 is 1.38 bits per heavy atom. The van der Waals surface area contributed by atoms with E-state index in [0.29, 0.717) is 5.69 Å². The van der Waals surface area contributed by atoms with Gasteiger partial charge in [0.2, 0.25) is 0 Å². The molecule has 1 aromatic carbocycles. The number of aromatic hydroxyl groups is 1. The van der Waals surface area contributed by atoms with E-state index >= 15 is 0 Å². The molecule has 0 aromatic heterocycles. The summed E-state index contributed by atoms with van der Waals surface area (Å²) in [5, 5.41) is 12.3. The molecule has 0 fully saturated rings. The third-order valence-corrected chi connectivity index (χ3v) is 2.03. The average molecular weight is 179 g/mol. The summed E-state index contributed by atoms with van der Waals surface area (Å²) < 4.78 is 0. The standard InChI is InChI=1S/C10H13NO2/c1-6(2)9-5-8(12)4-7(3)10(9)11-13/h4-6,12H,1-3H3. The summed E-state index contributed by atoms with van der Waals surface area (Å²) in [6, 6.07) is 3.14. The number of phenols is 1. The molecule has 0 radical (unpaired) electrons. The van der Waals surface area contributed by atoms with Gasteiger partial charge in [-0.05, 0) is 41.3 Å². The molecule has 1 N–H and O–H groups in total. The lowest BCUT2D eigenvalue weighted by Gasteiger charge is -2.10. The fourth-order valence-electron chi connectivity index (χ4n) is 1.35. The third kappa shape index (κ3) is 1.86. The molecule has 0 spiro atoms. The SMILES string of the molecule is Cc1cc(O)cc(C(C)C)c1N=O. The van der Waals surface area contributed by atoms with Crippen molar-refractivity contribution in [2.75, 3.05) is 0 Å². The van der Waals surface area contributed by atoms with Crippen LogP contribution in [0.3, 0.4) is 0 Å². The van der Waals surface area contributed by atoms with Crippen LogP contribution in [0.15, 0.2) is 17.3 Å². The van der Waals surface area contributed by atoms with Gasteiger partial charge in [-0.2, -0.15) is 0 Å². The predicted octanol–water partition coefficient (Wildman–Crippen LogP) is 3.22. The van der Waals surface area contributed by atoms with Gasteiger partial charge in [0, 0.05) is 0 Å².